The summed E-state index contributed by atoms with van der Waals surface area (Å²) in [5, 5.41) is 13.5. The van der Waals surface area contributed by atoms with Gasteiger partial charge in [-0.05, 0) is 30.2 Å². The van der Waals surface area contributed by atoms with E-state index in [9.17, 15) is 14.7 Å². The van der Waals surface area contributed by atoms with Crippen molar-refractivity contribution < 1.29 is 14.7 Å². The van der Waals surface area contributed by atoms with Gasteiger partial charge in [-0.15, -0.1) is 0 Å². The van der Waals surface area contributed by atoms with Crippen molar-refractivity contribution in [1.82, 2.24) is 5.32 Å². The summed E-state index contributed by atoms with van der Waals surface area (Å²) in [5.74, 6) is -1.90. The summed E-state index contributed by atoms with van der Waals surface area (Å²) in [7, 11) is 0. The summed E-state index contributed by atoms with van der Waals surface area (Å²) in [6.07, 6.45) is 1.37. The molecule has 0 aromatic heterocycles. The Bertz CT molecular complexity index is 690. The Labute approximate surface area is 122 Å². The molecule has 0 unspecified atom stereocenters. The molecule has 0 bridgehead atoms. The van der Waals surface area contributed by atoms with Crippen LogP contribution in [0.1, 0.15) is 21.5 Å². The van der Waals surface area contributed by atoms with Crippen LogP contribution >= 0.6 is 0 Å². The van der Waals surface area contributed by atoms with Gasteiger partial charge < -0.3 is 15.2 Å². The third kappa shape index (κ3) is 3.79. The van der Waals surface area contributed by atoms with Crippen LogP contribution in [0.2, 0.25) is 0 Å². The second kappa shape index (κ2) is 6.52. The van der Waals surface area contributed by atoms with Crippen molar-refractivity contribution in [1.29, 1.82) is 0 Å². The van der Waals surface area contributed by atoms with Gasteiger partial charge in [0.2, 0.25) is 0 Å². The topological polar surface area (TPSA) is 69.2 Å². The van der Waals surface area contributed by atoms with Crippen molar-refractivity contribution in [3.8, 4) is 0 Å². The molecule has 1 N–H and O–H groups in total. The highest BCUT2D eigenvalue weighted by molar-refractivity contribution is 6.02. The van der Waals surface area contributed by atoms with Gasteiger partial charge in [-0.3, -0.25) is 4.79 Å². The highest BCUT2D eigenvalue weighted by Gasteiger charge is 2.10. The lowest BCUT2D eigenvalue weighted by Gasteiger charge is -2.12. The Kier molecular flexibility index (Phi) is 4.51. The summed E-state index contributed by atoms with van der Waals surface area (Å²) < 4.78 is 0. The van der Waals surface area contributed by atoms with E-state index in [1.165, 1.54) is 6.08 Å². The first kappa shape index (κ1) is 14.5. The number of aliphatic carboxylic acids is 1. The lowest BCUT2D eigenvalue weighted by Crippen LogP contribution is -2.35. The Morgan fingerprint density at radius 3 is 2.24 bits per heavy atom. The van der Waals surface area contributed by atoms with Gasteiger partial charge in [-0.2, -0.15) is 0 Å². The molecule has 0 atom stereocenters. The van der Waals surface area contributed by atoms with Gasteiger partial charge in [0.1, 0.15) is 0 Å². The molecule has 4 heteroatoms. The van der Waals surface area contributed by atoms with E-state index in [2.05, 4.69) is 5.32 Å². The van der Waals surface area contributed by atoms with Crippen LogP contribution in [0.25, 0.3) is 6.08 Å². The molecule has 0 aliphatic rings. The van der Waals surface area contributed by atoms with Gasteiger partial charge in [0.05, 0.1) is 11.7 Å². The number of aryl methyl sites for hydroxylation is 1. The maximum Gasteiger partial charge on any atom is 0.255 e. The zero-order valence-electron chi connectivity index (χ0n) is 11.5. The predicted octanol–water partition coefficient (Wildman–Crippen LogP) is 1.52. The minimum absolute atomic E-state index is 0.269. The number of carbonyl (C=O) groups excluding carboxylic acids is 2. The van der Waals surface area contributed by atoms with Crippen LogP contribution in [-0.4, -0.2) is 11.9 Å². The van der Waals surface area contributed by atoms with E-state index >= 15 is 0 Å². The standard InChI is InChI=1S/C17H15NO3/c1-12-7-5-6-10-14(12)16(19)18-15(17(20)21)11-13-8-3-2-4-9-13/h2-11H,1H3,(H,18,19)(H,20,21)/p-1/b15-11+. The van der Waals surface area contributed by atoms with Gasteiger partial charge in [0.25, 0.3) is 5.91 Å². The number of rotatable bonds is 4. The van der Waals surface area contributed by atoms with Gasteiger partial charge in [-0.25, -0.2) is 0 Å². The number of amides is 1. The molecule has 2 rings (SSSR count). The lowest BCUT2D eigenvalue weighted by atomic mass is 10.1. The van der Waals surface area contributed by atoms with Crippen molar-refractivity contribution in [3.63, 3.8) is 0 Å². The molecule has 1 amide bonds. The van der Waals surface area contributed by atoms with Gasteiger partial charge in [0.15, 0.2) is 0 Å². The molecular formula is C17H14NO3-. The summed E-state index contributed by atoms with van der Waals surface area (Å²) >= 11 is 0. The van der Waals surface area contributed by atoms with E-state index in [1.807, 2.05) is 12.1 Å². The zero-order chi connectivity index (χ0) is 15.2. The Balaban J connectivity index is 2.26. The third-order valence-corrected chi connectivity index (χ3v) is 2.97. The smallest absolute Gasteiger partial charge is 0.255 e. The van der Waals surface area contributed by atoms with Crippen LogP contribution in [0.4, 0.5) is 0 Å². The minimum atomic E-state index is -1.43. The van der Waals surface area contributed by atoms with E-state index in [1.54, 1.807) is 49.4 Å². The lowest BCUT2D eigenvalue weighted by molar-refractivity contribution is -0.299. The highest BCUT2D eigenvalue weighted by Crippen LogP contribution is 2.09. The van der Waals surface area contributed by atoms with Crippen LogP contribution in [0.3, 0.4) is 0 Å². The van der Waals surface area contributed by atoms with Crippen LogP contribution in [0.15, 0.2) is 60.3 Å². The molecule has 0 saturated carbocycles. The Morgan fingerprint density at radius 1 is 1.00 bits per heavy atom. The fourth-order valence-electron chi connectivity index (χ4n) is 1.88. The summed E-state index contributed by atoms with van der Waals surface area (Å²) in [4.78, 5) is 23.3. The molecule has 2 aromatic carbocycles. The van der Waals surface area contributed by atoms with Gasteiger partial charge >= 0.3 is 0 Å². The second-order valence-corrected chi connectivity index (χ2v) is 4.53. The molecule has 0 aliphatic heterocycles. The number of nitrogens with one attached hydrogen (secondary N) is 1. The number of hydrogen-bond donors (Lipinski definition) is 1. The predicted molar refractivity (Wildman–Crippen MR) is 78.1 cm³/mol. The van der Waals surface area contributed by atoms with Crippen LogP contribution < -0.4 is 10.4 Å². The fraction of sp³-hybridized carbons (Fsp3) is 0.0588. The molecule has 2 aromatic rings. The van der Waals surface area contributed by atoms with Crippen LogP contribution in [-0.2, 0) is 4.79 Å². The van der Waals surface area contributed by atoms with E-state index in [0.717, 1.165) is 5.56 Å². The minimum Gasteiger partial charge on any atom is -0.543 e. The van der Waals surface area contributed by atoms with Crippen LogP contribution in [0, 0.1) is 6.92 Å². The molecule has 0 radical (unpaired) electrons. The highest BCUT2D eigenvalue weighted by atomic mass is 16.4. The molecule has 0 aliphatic carbocycles. The number of carboxylic acid groups (broad SMARTS) is 1. The number of carboxylic acids is 1. The van der Waals surface area contributed by atoms with Crippen molar-refractivity contribution >= 4 is 18.0 Å². The first-order chi connectivity index (χ1) is 10.1. The summed E-state index contributed by atoms with van der Waals surface area (Å²) in [6, 6.07) is 15.8. The van der Waals surface area contributed by atoms with Crippen molar-refractivity contribution in [2.24, 2.45) is 0 Å². The van der Waals surface area contributed by atoms with E-state index < -0.39 is 11.9 Å². The molecule has 0 saturated heterocycles. The van der Waals surface area contributed by atoms with Crippen LogP contribution in [0.5, 0.6) is 0 Å². The zero-order valence-corrected chi connectivity index (χ0v) is 11.5. The third-order valence-electron chi connectivity index (χ3n) is 2.97. The molecular weight excluding hydrogens is 266 g/mol. The first-order valence-electron chi connectivity index (χ1n) is 6.43. The average molecular weight is 280 g/mol. The quantitative estimate of drug-likeness (QED) is 0.863. The van der Waals surface area contributed by atoms with E-state index in [0.29, 0.717) is 11.1 Å². The molecule has 0 spiro atoms. The molecule has 4 nitrogen and oxygen atoms in total. The molecule has 106 valence electrons. The summed E-state index contributed by atoms with van der Waals surface area (Å²) in [5.41, 5.74) is 1.60. The second-order valence-electron chi connectivity index (χ2n) is 4.53. The van der Waals surface area contributed by atoms with Crippen molar-refractivity contribution in [2.75, 3.05) is 0 Å². The number of benzene rings is 2. The van der Waals surface area contributed by atoms with Crippen molar-refractivity contribution in [2.45, 2.75) is 6.92 Å². The fourth-order valence-corrected chi connectivity index (χ4v) is 1.88. The van der Waals surface area contributed by atoms with Crippen molar-refractivity contribution in [3.05, 3.63) is 77.0 Å². The largest absolute Gasteiger partial charge is 0.543 e. The maximum absolute atomic E-state index is 12.1. The SMILES string of the molecule is Cc1ccccc1C(=O)N/C(=C/c1ccccc1)C(=O)[O-]. The first-order valence-corrected chi connectivity index (χ1v) is 6.43. The normalized spacial score (nSPS) is 11.0. The van der Waals surface area contributed by atoms with E-state index in [-0.39, 0.29) is 5.70 Å². The maximum atomic E-state index is 12.1. The molecule has 0 heterocycles. The number of carbonyl (C=O) groups is 2. The average Bonchev–Trinajstić information content (AvgIpc) is 2.48. The Morgan fingerprint density at radius 2 is 1.62 bits per heavy atom. The van der Waals surface area contributed by atoms with E-state index in [4.69, 9.17) is 0 Å². The Hall–Kier alpha value is -2.88. The molecule has 21 heavy (non-hydrogen) atoms. The molecule has 0 fully saturated rings. The number of hydrogen-bond acceptors (Lipinski definition) is 3. The summed E-state index contributed by atoms with van der Waals surface area (Å²) in [6.45, 7) is 1.79. The van der Waals surface area contributed by atoms with Gasteiger partial charge in [0, 0.05) is 5.56 Å². The monoisotopic (exact) mass is 280 g/mol. The van der Waals surface area contributed by atoms with Gasteiger partial charge in [-0.1, -0.05) is 48.5 Å².